The van der Waals surface area contributed by atoms with Gasteiger partial charge in [0.2, 0.25) is 0 Å². The lowest BCUT2D eigenvalue weighted by Crippen LogP contribution is -2.30. The Morgan fingerprint density at radius 1 is 1.53 bits per heavy atom. The van der Waals surface area contributed by atoms with Crippen LogP contribution >= 0.6 is 22.6 Å². The maximum Gasteiger partial charge on any atom is 0.293 e. The molecular weight excluding hydrogens is 366 g/mol. The molecule has 1 aromatic rings. The molecule has 5 nitrogen and oxygen atoms in total. The predicted molar refractivity (Wildman–Crippen MR) is 77.8 cm³/mol. The molecule has 2 atom stereocenters. The van der Waals surface area contributed by atoms with E-state index in [0.717, 1.165) is 19.3 Å². The van der Waals surface area contributed by atoms with Gasteiger partial charge in [-0.3, -0.25) is 10.1 Å². The zero-order chi connectivity index (χ0) is 14.0. The van der Waals surface area contributed by atoms with E-state index in [2.05, 4.69) is 5.32 Å². The summed E-state index contributed by atoms with van der Waals surface area (Å²) < 4.78 is 19.1. The van der Waals surface area contributed by atoms with Crippen LogP contribution in [-0.2, 0) is 4.74 Å². The SMILES string of the molecule is COC1CCCC1Nc1cc(F)c(I)cc1[N+](=O)[O-]. The lowest BCUT2D eigenvalue weighted by Gasteiger charge is -2.20. The zero-order valence-electron chi connectivity index (χ0n) is 10.4. The Hall–Kier alpha value is -0.960. The number of ether oxygens (including phenoxy) is 1. The molecule has 0 amide bonds. The summed E-state index contributed by atoms with van der Waals surface area (Å²) >= 11 is 1.74. The number of nitrogens with one attached hydrogen (secondary N) is 1. The van der Waals surface area contributed by atoms with Gasteiger partial charge in [-0.25, -0.2) is 4.39 Å². The molecule has 1 aliphatic rings. The molecule has 1 aliphatic carbocycles. The van der Waals surface area contributed by atoms with Gasteiger partial charge in [0.05, 0.1) is 20.6 Å². The number of methoxy groups -OCH3 is 1. The van der Waals surface area contributed by atoms with Crippen LogP contribution < -0.4 is 5.32 Å². The third-order valence-corrected chi connectivity index (χ3v) is 4.16. The Bertz CT molecular complexity index is 498. The molecule has 2 rings (SSSR count). The van der Waals surface area contributed by atoms with Crippen molar-refractivity contribution in [2.75, 3.05) is 12.4 Å². The molecule has 0 spiro atoms. The Kier molecular flexibility index (Phi) is 4.56. The van der Waals surface area contributed by atoms with Crippen LogP contribution in [0.1, 0.15) is 19.3 Å². The summed E-state index contributed by atoms with van der Waals surface area (Å²) in [6, 6.07) is 2.42. The minimum Gasteiger partial charge on any atom is -0.379 e. The molecule has 1 N–H and O–H groups in total. The van der Waals surface area contributed by atoms with Gasteiger partial charge in [0, 0.05) is 19.2 Å². The van der Waals surface area contributed by atoms with Crippen molar-refractivity contribution in [3.05, 3.63) is 31.6 Å². The zero-order valence-corrected chi connectivity index (χ0v) is 12.5. The van der Waals surface area contributed by atoms with Gasteiger partial charge in [0.15, 0.2) is 0 Å². The maximum atomic E-state index is 13.6. The lowest BCUT2D eigenvalue weighted by molar-refractivity contribution is -0.384. The first-order valence-electron chi connectivity index (χ1n) is 5.95. The number of hydrogen-bond acceptors (Lipinski definition) is 4. The van der Waals surface area contributed by atoms with Crippen LogP contribution in [0, 0.1) is 19.5 Å². The van der Waals surface area contributed by atoms with Crippen molar-refractivity contribution in [1.29, 1.82) is 0 Å². The third kappa shape index (κ3) is 3.14. The normalized spacial score (nSPS) is 22.5. The van der Waals surface area contributed by atoms with Crippen LogP contribution in [-0.4, -0.2) is 24.2 Å². The van der Waals surface area contributed by atoms with Crippen LogP contribution in [0.15, 0.2) is 12.1 Å². The highest BCUT2D eigenvalue weighted by Crippen LogP contribution is 2.32. The fraction of sp³-hybridized carbons (Fsp3) is 0.500. The van der Waals surface area contributed by atoms with Gasteiger partial charge in [-0.15, -0.1) is 0 Å². The Morgan fingerprint density at radius 3 is 2.89 bits per heavy atom. The van der Waals surface area contributed by atoms with Crippen LogP contribution in [0.25, 0.3) is 0 Å². The fourth-order valence-electron chi connectivity index (χ4n) is 2.38. The summed E-state index contributed by atoms with van der Waals surface area (Å²) in [6.07, 6.45) is 2.79. The van der Waals surface area contributed by atoms with Crippen molar-refractivity contribution < 1.29 is 14.1 Å². The van der Waals surface area contributed by atoms with E-state index in [1.54, 1.807) is 29.7 Å². The van der Waals surface area contributed by atoms with Gasteiger partial charge in [-0.2, -0.15) is 0 Å². The molecule has 19 heavy (non-hydrogen) atoms. The van der Waals surface area contributed by atoms with E-state index >= 15 is 0 Å². The first-order chi connectivity index (χ1) is 9.02. The van der Waals surface area contributed by atoms with Gasteiger partial charge in [0.25, 0.3) is 5.69 Å². The van der Waals surface area contributed by atoms with E-state index in [-0.39, 0.29) is 27.1 Å². The molecule has 0 saturated heterocycles. The molecule has 0 heterocycles. The number of nitrogens with zero attached hydrogens (tertiary/aromatic N) is 1. The van der Waals surface area contributed by atoms with Crippen molar-refractivity contribution in [1.82, 2.24) is 0 Å². The van der Waals surface area contributed by atoms with E-state index in [4.69, 9.17) is 4.74 Å². The molecule has 0 aromatic heterocycles. The van der Waals surface area contributed by atoms with E-state index in [1.165, 1.54) is 12.1 Å². The molecular formula is C12H14FIN2O3. The summed E-state index contributed by atoms with van der Waals surface area (Å²) in [5.41, 5.74) is 0.115. The predicted octanol–water partition coefficient (Wildman–Crippen LogP) is 3.32. The van der Waals surface area contributed by atoms with Crippen LogP contribution in [0.5, 0.6) is 0 Å². The summed E-state index contributed by atoms with van der Waals surface area (Å²) in [5.74, 6) is -0.458. The molecule has 1 fully saturated rings. The molecule has 0 radical (unpaired) electrons. The number of halogens is 2. The molecule has 2 unspecified atom stereocenters. The van der Waals surface area contributed by atoms with Gasteiger partial charge in [0.1, 0.15) is 11.5 Å². The average molecular weight is 380 g/mol. The van der Waals surface area contributed by atoms with Crippen molar-refractivity contribution in [2.24, 2.45) is 0 Å². The quantitative estimate of drug-likeness (QED) is 0.495. The van der Waals surface area contributed by atoms with Crippen LogP contribution in [0.2, 0.25) is 0 Å². The Labute approximate surface area is 123 Å². The molecule has 104 valence electrons. The van der Waals surface area contributed by atoms with Crippen molar-refractivity contribution in [3.63, 3.8) is 0 Å². The largest absolute Gasteiger partial charge is 0.379 e. The van der Waals surface area contributed by atoms with E-state index in [0.29, 0.717) is 0 Å². The second kappa shape index (κ2) is 6.00. The van der Waals surface area contributed by atoms with E-state index in [1.807, 2.05) is 0 Å². The van der Waals surface area contributed by atoms with Gasteiger partial charge in [-0.1, -0.05) is 0 Å². The monoisotopic (exact) mass is 380 g/mol. The highest BCUT2D eigenvalue weighted by atomic mass is 127. The van der Waals surface area contributed by atoms with Crippen LogP contribution in [0.4, 0.5) is 15.8 Å². The first kappa shape index (κ1) is 14.4. The minimum atomic E-state index is -0.499. The van der Waals surface area contributed by atoms with Crippen molar-refractivity contribution in [2.45, 2.75) is 31.4 Å². The highest BCUT2D eigenvalue weighted by molar-refractivity contribution is 14.1. The van der Waals surface area contributed by atoms with Crippen molar-refractivity contribution >= 4 is 34.0 Å². The topological polar surface area (TPSA) is 64.4 Å². The van der Waals surface area contributed by atoms with Gasteiger partial charge >= 0.3 is 0 Å². The standard InChI is InChI=1S/C12H14FIN2O3/c1-19-12-4-2-3-9(12)15-10-5-7(13)8(14)6-11(10)16(17)18/h5-6,9,12,15H,2-4H2,1H3. The lowest BCUT2D eigenvalue weighted by atomic mass is 10.2. The second-order valence-electron chi connectivity index (χ2n) is 4.50. The number of rotatable bonds is 4. The Balaban J connectivity index is 2.28. The number of anilines is 1. The second-order valence-corrected chi connectivity index (χ2v) is 5.66. The Morgan fingerprint density at radius 2 is 2.26 bits per heavy atom. The van der Waals surface area contributed by atoms with Gasteiger partial charge < -0.3 is 10.1 Å². The maximum absolute atomic E-state index is 13.6. The summed E-state index contributed by atoms with van der Waals surface area (Å²) in [5, 5.41) is 14.1. The summed E-state index contributed by atoms with van der Waals surface area (Å²) in [7, 11) is 1.62. The highest BCUT2D eigenvalue weighted by Gasteiger charge is 2.29. The number of benzene rings is 1. The average Bonchev–Trinajstić information content (AvgIpc) is 2.80. The summed E-state index contributed by atoms with van der Waals surface area (Å²) in [6.45, 7) is 0. The van der Waals surface area contributed by atoms with Gasteiger partial charge in [-0.05, 0) is 41.9 Å². The van der Waals surface area contributed by atoms with Crippen LogP contribution in [0.3, 0.4) is 0 Å². The van der Waals surface area contributed by atoms with E-state index in [9.17, 15) is 14.5 Å². The number of nitro groups is 1. The third-order valence-electron chi connectivity index (χ3n) is 3.33. The van der Waals surface area contributed by atoms with Crippen molar-refractivity contribution in [3.8, 4) is 0 Å². The summed E-state index contributed by atoms with van der Waals surface area (Å²) in [4.78, 5) is 10.5. The molecule has 0 bridgehead atoms. The molecule has 0 aliphatic heterocycles. The molecule has 1 aromatic carbocycles. The van der Waals surface area contributed by atoms with E-state index < -0.39 is 10.7 Å². The first-order valence-corrected chi connectivity index (χ1v) is 7.03. The number of hydrogen-bond donors (Lipinski definition) is 1. The minimum absolute atomic E-state index is 0.0110. The fourth-order valence-corrected chi connectivity index (χ4v) is 2.83. The molecule has 1 saturated carbocycles. The smallest absolute Gasteiger partial charge is 0.293 e. The molecule has 7 heteroatoms. The number of nitro benzene ring substituents is 1.